The minimum absolute atomic E-state index is 0.409. The van der Waals surface area contributed by atoms with Crippen LogP contribution < -0.4 is 9.47 Å². The van der Waals surface area contributed by atoms with Crippen LogP contribution in [0.4, 0.5) is 0 Å². The zero-order valence-corrected chi connectivity index (χ0v) is 11.4. The first-order valence-electron chi connectivity index (χ1n) is 6.16. The van der Waals surface area contributed by atoms with Crippen molar-refractivity contribution >= 4 is 12.2 Å². The van der Waals surface area contributed by atoms with Crippen LogP contribution >= 0.6 is 12.2 Å². The minimum atomic E-state index is 0.409. The average molecular weight is 274 g/mol. The topological polar surface area (TPSA) is 47.1 Å². The predicted octanol–water partition coefficient (Wildman–Crippen LogP) is 3.36. The third-order valence-corrected chi connectivity index (χ3v) is 3.28. The summed E-state index contributed by atoms with van der Waals surface area (Å²) < 4.78 is 11.5. The predicted molar refractivity (Wildman–Crippen MR) is 75.1 cm³/mol. The lowest BCUT2D eigenvalue weighted by molar-refractivity contribution is 0.303. The summed E-state index contributed by atoms with van der Waals surface area (Å²) in [5.74, 6) is 1.49. The van der Waals surface area contributed by atoms with Crippen LogP contribution in [0.25, 0.3) is 11.3 Å². The van der Waals surface area contributed by atoms with E-state index in [4.69, 9.17) is 21.7 Å². The Morgan fingerprint density at radius 2 is 2.00 bits per heavy atom. The second kappa shape index (κ2) is 5.01. The molecule has 1 aliphatic carbocycles. The Labute approximate surface area is 116 Å². The molecule has 0 radical (unpaired) electrons. The molecular weight excluding hydrogens is 260 g/mol. The molecule has 1 heterocycles. The molecule has 4 nitrogen and oxygen atoms in total. The third-order valence-electron chi connectivity index (χ3n) is 2.99. The van der Waals surface area contributed by atoms with E-state index in [1.165, 1.54) is 0 Å². The minimum Gasteiger partial charge on any atom is -0.491 e. The van der Waals surface area contributed by atoms with E-state index in [1.54, 1.807) is 13.4 Å². The molecule has 0 saturated heterocycles. The molecule has 1 aromatic heterocycles. The standard InChI is InChI=1S/C14H14N2O2S/c1-17-13-12(15-8-16-14(13)19)9-2-4-10(5-3-9)18-11-6-7-11/h2-5,8,11H,6-7H2,1H3,(H,15,16,19). The molecule has 1 N–H and O–H groups in total. The number of rotatable bonds is 4. The van der Waals surface area contributed by atoms with Crippen molar-refractivity contribution < 1.29 is 9.47 Å². The van der Waals surface area contributed by atoms with Crippen molar-refractivity contribution in [3.8, 4) is 22.8 Å². The van der Waals surface area contributed by atoms with Gasteiger partial charge in [-0.1, -0.05) is 12.2 Å². The number of nitrogens with zero attached hydrogens (tertiary/aromatic N) is 1. The van der Waals surface area contributed by atoms with E-state index < -0.39 is 0 Å². The van der Waals surface area contributed by atoms with Crippen molar-refractivity contribution in [2.24, 2.45) is 0 Å². The van der Waals surface area contributed by atoms with Crippen LogP contribution in [-0.2, 0) is 0 Å². The van der Waals surface area contributed by atoms with Gasteiger partial charge in [-0.05, 0) is 37.1 Å². The van der Waals surface area contributed by atoms with E-state index in [2.05, 4.69) is 9.97 Å². The molecule has 1 aliphatic rings. The van der Waals surface area contributed by atoms with E-state index in [0.717, 1.165) is 29.8 Å². The molecule has 0 amide bonds. The molecule has 3 rings (SSSR count). The van der Waals surface area contributed by atoms with Crippen LogP contribution in [0.3, 0.4) is 0 Å². The van der Waals surface area contributed by atoms with E-state index in [0.29, 0.717) is 16.5 Å². The number of hydrogen-bond donors (Lipinski definition) is 1. The van der Waals surface area contributed by atoms with Crippen molar-refractivity contribution in [3.05, 3.63) is 35.2 Å². The normalized spacial score (nSPS) is 14.2. The highest BCUT2D eigenvalue weighted by Crippen LogP contribution is 2.31. The number of methoxy groups -OCH3 is 1. The molecule has 1 aromatic carbocycles. The van der Waals surface area contributed by atoms with Gasteiger partial charge in [-0.25, -0.2) is 4.98 Å². The van der Waals surface area contributed by atoms with Crippen molar-refractivity contribution in [1.29, 1.82) is 0 Å². The molecule has 0 unspecified atom stereocenters. The monoisotopic (exact) mass is 274 g/mol. The summed E-state index contributed by atoms with van der Waals surface area (Å²) >= 11 is 5.15. The molecule has 5 heteroatoms. The largest absolute Gasteiger partial charge is 0.491 e. The van der Waals surface area contributed by atoms with Crippen LogP contribution in [0.15, 0.2) is 30.6 Å². The maximum Gasteiger partial charge on any atom is 0.179 e. The lowest BCUT2D eigenvalue weighted by Gasteiger charge is -2.09. The van der Waals surface area contributed by atoms with Crippen molar-refractivity contribution in [2.45, 2.75) is 18.9 Å². The van der Waals surface area contributed by atoms with E-state index in [9.17, 15) is 0 Å². The smallest absolute Gasteiger partial charge is 0.179 e. The Hall–Kier alpha value is -1.88. The maximum absolute atomic E-state index is 5.72. The van der Waals surface area contributed by atoms with Crippen molar-refractivity contribution in [3.63, 3.8) is 0 Å². The first-order chi connectivity index (χ1) is 9.28. The zero-order valence-electron chi connectivity index (χ0n) is 10.6. The highest BCUT2D eigenvalue weighted by atomic mass is 32.1. The highest BCUT2D eigenvalue weighted by molar-refractivity contribution is 7.71. The van der Waals surface area contributed by atoms with Gasteiger partial charge in [-0.2, -0.15) is 0 Å². The van der Waals surface area contributed by atoms with Crippen molar-refractivity contribution in [1.82, 2.24) is 9.97 Å². The Balaban J connectivity index is 1.93. The molecule has 0 atom stereocenters. The fourth-order valence-electron chi connectivity index (χ4n) is 1.87. The maximum atomic E-state index is 5.72. The zero-order chi connectivity index (χ0) is 13.2. The molecule has 19 heavy (non-hydrogen) atoms. The van der Waals surface area contributed by atoms with Gasteiger partial charge in [0, 0.05) is 5.56 Å². The Morgan fingerprint density at radius 1 is 1.26 bits per heavy atom. The molecule has 0 bridgehead atoms. The SMILES string of the molecule is COc1c(-c2ccc(OC3CC3)cc2)[nH]cnc1=S. The summed E-state index contributed by atoms with van der Waals surface area (Å²) in [6.07, 6.45) is 4.31. The van der Waals surface area contributed by atoms with Crippen LogP contribution in [0.2, 0.25) is 0 Å². The van der Waals surface area contributed by atoms with E-state index in [1.807, 2.05) is 24.3 Å². The van der Waals surface area contributed by atoms with Gasteiger partial charge in [-0.15, -0.1) is 0 Å². The van der Waals surface area contributed by atoms with Crippen molar-refractivity contribution in [2.75, 3.05) is 7.11 Å². The number of hydrogen-bond acceptors (Lipinski definition) is 4. The van der Waals surface area contributed by atoms with Gasteiger partial charge in [0.2, 0.25) is 0 Å². The lowest BCUT2D eigenvalue weighted by atomic mass is 10.1. The summed E-state index contributed by atoms with van der Waals surface area (Å²) in [4.78, 5) is 7.08. The summed E-state index contributed by atoms with van der Waals surface area (Å²) in [5.41, 5.74) is 1.83. The Bertz CT molecular complexity index is 633. The molecule has 0 spiro atoms. The molecule has 98 valence electrons. The lowest BCUT2D eigenvalue weighted by Crippen LogP contribution is -1.96. The first kappa shape index (κ1) is 12.2. The summed E-state index contributed by atoms with van der Waals surface area (Å²) in [7, 11) is 1.59. The fourth-order valence-corrected chi connectivity index (χ4v) is 2.11. The van der Waals surface area contributed by atoms with Gasteiger partial charge < -0.3 is 14.5 Å². The Morgan fingerprint density at radius 3 is 2.63 bits per heavy atom. The molecule has 0 aliphatic heterocycles. The third kappa shape index (κ3) is 2.61. The molecule has 1 fully saturated rings. The van der Waals surface area contributed by atoms with Crippen LogP contribution in [0.1, 0.15) is 12.8 Å². The van der Waals surface area contributed by atoms with Gasteiger partial charge >= 0.3 is 0 Å². The van der Waals surface area contributed by atoms with Gasteiger partial charge in [0.05, 0.1) is 25.2 Å². The number of nitrogens with one attached hydrogen (secondary N) is 1. The number of aromatic amines is 1. The van der Waals surface area contributed by atoms with Crippen LogP contribution in [0, 0.1) is 4.64 Å². The average Bonchev–Trinajstić information content (AvgIpc) is 3.23. The number of ether oxygens (including phenoxy) is 2. The molecule has 2 aromatic rings. The summed E-state index contributed by atoms with van der Waals surface area (Å²) in [6.45, 7) is 0. The first-order valence-corrected chi connectivity index (χ1v) is 6.57. The number of benzene rings is 1. The van der Waals surface area contributed by atoms with Gasteiger partial charge in [0.1, 0.15) is 5.75 Å². The second-order valence-corrected chi connectivity index (χ2v) is 4.84. The number of aromatic nitrogens is 2. The highest BCUT2D eigenvalue weighted by Gasteiger charge is 2.23. The second-order valence-electron chi connectivity index (χ2n) is 4.46. The number of H-pyrrole nitrogens is 1. The summed E-state index contributed by atoms with van der Waals surface area (Å²) in [6, 6.07) is 7.90. The van der Waals surface area contributed by atoms with E-state index in [-0.39, 0.29) is 0 Å². The van der Waals surface area contributed by atoms with Crippen LogP contribution in [-0.4, -0.2) is 23.2 Å². The molecule has 1 saturated carbocycles. The molecular formula is C14H14N2O2S. The van der Waals surface area contributed by atoms with Crippen LogP contribution in [0.5, 0.6) is 11.5 Å². The van der Waals surface area contributed by atoms with E-state index >= 15 is 0 Å². The fraction of sp³-hybridized carbons (Fsp3) is 0.286. The van der Waals surface area contributed by atoms with Gasteiger partial charge in [0.15, 0.2) is 10.4 Å². The van der Waals surface area contributed by atoms with Gasteiger partial charge in [0.25, 0.3) is 0 Å². The van der Waals surface area contributed by atoms with Gasteiger partial charge in [-0.3, -0.25) is 0 Å². The quantitative estimate of drug-likeness (QED) is 0.868. The Kier molecular flexibility index (Phi) is 3.21. The summed E-state index contributed by atoms with van der Waals surface area (Å²) in [5, 5.41) is 0.